The Kier molecular flexibility index (Phi) is 8.81. The number of ketones is 1. The minimum atomic E-state index is -0.966. The van der Waals surface area contributed by atoms with E-state index in [1.165, 1.54) is 39.3 Å². The number of aryl methyl sites for hydroxylation is 2. The third kappa shape index (κ3) is 6.14. The highest BCUT2D eigenvalue weighted by Crippen LogP contribution is 2.45. The molecule has 1 aliphatic heterocycles. The van der Waals surface area contributed by atoms with E-state index in [-0.39, 0.29) is 10.7 Å². The largest absolute Gasteiger partial charge is 0.503 e. The first-order valence-electron chi connectivity index (χ1n) is 13.5. The van der Waals surface area contributed by atoms with Gasteiger partial charge in [0.15, 0.2) is 10.1 Å². The number of aliphatic hydroxyl groups is 1. The van der Waals surface area contributed by atoms with Crippen molar-refractivity contribution in [2.24, 2.45) is 0 Å². The van der Waals surface area contributed by atoms with Gasteiger partial charge in [-0.1, -0.05) is 95.4 Å². The van der Waals surface area contributed by atoms with Gasteiger partial charge in [0, 0.05) is 10.8 Å². The van der Waals surface area contributed by atoms with Crippen molar-refractivity contribution in [3.8, 4) is 5.75 Å². The number of hydrogen-bond acceptors (Lipinski definition) is 10. The first kappa shape index (κ1) is 30.0. The minimum absolute atomic E-state index is 0.0394. The highest BCUT2D eigenvalue weighted by atomic mass is 35.5. The Balaban J connectivity index is 1.35. The van der Waals surface area contributed by atoms with E-state index in [1.807, 2.05) is 67.6 Å². The van der Waals surface area contributed by atoms with Crippen LogP contribution >= 0.6 is 46.0 Å². The Morgan fingerprint density at radius 3 is 2.55 bits per heavy atom. The molecule has 0 saturated heterocycles. The maximum atomic E-state index is 14.0. The normalized spacial score (nSPS) is 14.8. The first-order valence-corrected chi connectivity index (χ1v) is 16.5. The monoisotopic (exact) mass is 660 g/mol. The van der Waals surface area contributed by atoms with Crippen LogP contribution < -0.4 is 9.64 Å². The number of thioether (sulfide) groups is 1. The molecule has 1 amide bonds. The van der Waals surface area contributed by atoms with Gasteiger partial charge in [-0.2, -0.15) is 0 Å². The zero-order valence-electron chi connectivity index (χ0n) is 23.6. The van der Waals surface area contributed by atoms with Gasteiger partial charge in [0.2, 0.25) is 10.9 Å². The summed E-state index contributed by atoms with van der Waals surface area (Å²) in [5, 5.41) is 21.4. The van der Waals surface area contributed by atoms with Crippen molar-refractivity contribution in [1.82, 2.24) is 15.2 Å². The lowest BCUT2D eigenvalue weighted by molar-refractivity contribution is -0.117. The maximum Gasteiger partial charge on any atom is 0.296 e. The van der Waals surface area contributed by atoms with Crippen LogP contribution in [0, 0.1) is 13.8 Å². The molecule has 5 aromatic rings. The average Bonchev–Trinajstić information content (AvgIpc) is 3.71. The summed E-state index contributed by atoms with van der Waals surface area (Å²) in [6, 6.07) is 23.5. The van der Waals surface area contributed by atoms with Crippen LogP contribution in [0.25, 0.3) is 0 Å². The molecular weight excluding hydrogens is 636 g/mol. The van der Waals surface area contributed by atoms with E-state index in [1.54, 1.807) is 25.1 Å². The fraction of sp³-hybridized carbons (Fsp3) is 0.156. The number of benzene rings is 3. The number of nitrogens with zero attached hydrogens (tertiary/aromatic N) is 4. The van der Waals surface area contributed by atoms with Gasteiger partial charge in [0.05, 0.1) is 27.2 Å². The molecule has 1 atom stereocenters. The quantitative estimate of drug-likeness (QED) is 0.0915. The van der Waals surface area contributed by atoms with Crippen LogP contribution in [0.2, 0.25) is 5.02 Å². The zero-order chi connectivity index (χ0) is 30.8. The van der Waals surface area contributed by atoms with Crippen molar-refractivity contribution >= 4 is 62.9 Å². The van der Waals surface area contributed by atoms with Crippen LogP contribution in [0.15, 0.2) is 94.5 Å². The molecule has 222 valence electrons. The number of Topliss-reactive ketones (excluding diaryl/α,β-unsaturated/α-hetero) is 1. The summed E-state index contributed by atoms with van der Waals surface area (Å²) in [5.74, 6) is -0.702. The Morgan fingerprint density at radius 2 is 1.80 bits per heavy atom. The van der Waals surface area contributed by atoms with Crippen LogP contribution in [-0.4, -0.2) is 32.0 Å². The molecule has 1 unspecified atom stereocenters. The molecule has 0 saturated carbocycles. The lowest BCUT2D eigenvalue weighted by Crippen LogP contribution is -2.31. The van der Waals surface area contributed by atoms with Gasteiger partial charge in [-0.3, -0.25) is 14.5 Å². The van der Waals surface area contributed by atoms with Crippen molar-refractivity contribution < 1.29 is 19.4 Å². The predicted molar refractivity (Wildman–Crippen MR) is 174 cm³/mol. The molecule has 3 heterocycles. The van der Waals surface area contributed by atoms with E-state index in [0.717, 1.165) is 11.1 Å². The lowest BCUT2D eigenvalue weighted by Gasteiger charge is -2.24. The van der Waals surface area contributed by atoms with Crippen LogP contribution in [0.3, 0.4) is 0 Å². The second-order valence-corrected chi connectivity index (χ2v) is 13.7. The number of rotatable bonds is 10. The Morgan fingerprint density at radius 1 is 1.02 bits per heavy atom. The summed E-state index contributed by atoms with van der Waals surface area (Å²) in [5.41, 5.74) is 3.02. The van der Waals surface area contributed by atoms with E-state index in [4.69, 9.17) is 16.3 Å². The molecule has 0 fully saturated rings. The van der Waals surface area contributed by atoms with Crippen LogP contribution in [0.5, 0.6) is 5.75 Å². The average molecular weight is 661 g/mol. The summed E-state index contributed by atoms with van der Waals surface area (Å²) < 4.78 is 6.67. The molecule has 0 bridgehead atoms. The summed E-state index contributed by atoms with van der Waals surface area (Å²) in [6.07, 6.45) is 0. The number of aliphatic hydroxyl groups excluding tert-OH is 1. The molecule has 8 nitrogen and oxygen atoms in total. The van der Waals surface area contributed by atoms with Crippen molar-refractivity contribution in [3.05, 3.63) is 127 Å². The van der Waals surface area contributed by atoms with Gasteiger partial charge in [-0.15, -0.1) is 21.5 Å². The maximum absolute atomic E-state index is 14.0. The third-order valence-electron chi connectivity index (χ3n) is 6.90. The number of halogens is 1. The Bertz CT molecular complexity index is 1890. The second kappa shape index (κ2) is 12.9. The molecule has 6 rings (SSSR count). The highest BCUT2D eigenvalue weighted by Gasteiger charge is 2.47. The number of hydrogen-bond donors (Lipinski definition) is 1. The summed E-state index contributed by atoms with van der Waals surface area (Å²) >= 11 is 10.2. The number of carbonyl (C=O) groups excluding carboxylic acids is 2. The summed E-state index contributed by atoms with van der Waals surface area (Å²) in [6.45, 7) is 3.89. The number of aromatic nitrogens is 3. The summed E-state index contributed by atoms with van der Waals surface area (Å²) in [7, 11) is 0. The van der Waals surface area contributed by atoms with Crippen molar-refractivity contribution in [3.63, 3.8) is 0 Å². The predicted octanol–water partition coefficient (Wildman–Crippen LogP) is 7.92. The number of carbonyl (C=O) groups is 2. The molecule has 2 aromatic heterocycles. The van der Waals surface area contributed by atoms with Crippen molar-refractivity contribution in [1.29, 1.82) is 0 Å². The first-order chi connectivity index (χ1) is 21.3. The fourth-order valence-corrected chi connectivity index (χ4v) is 7.87. The van der Waals surface area contributed by atoms with Crippen LogP contribution in [-0.2, 0) is 17.2 Å². The SMILES string of the molecule is Cc1nc(C)c(C(=O)C2=C(O)C(=O)N(c3nnc(SCc4ccccc4Cl)s3)C2c2cccc(OCc3ccccc3)c2)s1. The lowest BCUT2D eigenvalue weighted by atomic mass is 9.95. The van der Waals surface area contributed by atoms with Gasteiger partial charge >= 0.3 is 0 Å². The fourth-order valence-electron chi connectivity index (χ4n) is 4.84. The van der Waals surface area contributed by atoms with E-state index in [9.17, 15) is 14.7 Å². The zero-order valence-corrected chi connectivity index (χ0v) is 26.8. The summed E-state index contributed by atoms with van der Waals surface area (Å²) in [4.78, 5) is 33.8. The molecule has 44 heavy (non-hydrogen) atoms. The minimum Gasteiger partial charge on any atom is -0.503 e. The molecule has 0 radical (unpaired) electrons. The van der Waals surface area contributed by atoms with E-state index in [0.29, 0.717) is 48.6 Å². The Hall–Kier alpha value is -4.03. The highest BCUT2D eigenvalue weighted by molar-refractivity contribution is 8.00. The molecule has 1 aliphatic rings. The van der Waals surface area contributed by atoms with E-state index >= 15 is 0 Å². The topological polar surface area (TPSA) is 106 Å². The van der Waals surface area contributed by atoms with Gasteiger partial charge in [0.25, 0.3) is 5.91 Å². The molecule has 12 heteroatoms. The molecule has 3 aromatic carbocycles. The molecular formula is C32H25ClN4O4S3. The smallest absolute Gasteiger partial charge is 0.296 e. The second-order valence-electron chi connectivity index (χ2n) is 9.89. The van der Waals surface area contributed by atoms with Crippen LogP contribution in [0.4, 0.5) is 5.13 Å². The van der Waals surface area contributed by atoms with Crippen molar-refractivity contribution in [2.75, 3.05) is 4.90 Å². The van der Waals surface area contributed by atoms with Gasteiger partial charge in [-0.05, 0) is 48.7 Å². The molecule has 0 aliphatic carbocycles. The van der Waals surface area contributed by atoms with Crippen LogP contribution in [0.1, 0.15) is 43.1 Å². The van der Waals surface area contributed by atoms with Gasteiger partial charge < -0.3 is 9.84 Å². The third-order valence-corrected chi connectivity index (χ3v) is 10.4. The number of amides is 1. The van der Waals surface area contributed by atoms with Gasteiger partial charge in [0.1, 0.15) is 12.4 Å². The standard InChI is InChI=1S/C32H25ClN4O4S3/c1-18-29(43-19(2)34-18)27(38)25-26(21-12-8-13-23(15-21)41-16-20-9-4-3-5-10-20)37(30(40)28(25)39)31-35-36-32(44-31)42-17-22-11-6-7-14-24(22)33/h3-15,26,39H,16-17H2,1-2H3. The van der Waals surface area contributed by atoms with Crippen molar-refractivity contribution in [2.45, 2.75) is 36.6 Å². The Labute approximate surface area is 271 Å². The van der Waals surface area contributed by atoms with Gasteiger partial charge in [-0.25, -0.2) is 4.98 Å². The number of ether oxygens (including phenoxy) is 1. The van der Waals surface area contributed by atoms with E-state index < -0.39 is 23.5 Å². The molecule has 1 N–H and O–H groups in total. The number of thiazole rings is 1. The molecule has 0 spiro atoms. The number of anilines is 1. The van der Waals surface area contributed by atoms with E-state index in [2.05, 4.69) is 15.2 Å².